The summed E-state index contributed by atoms with van der Waals surface area (Å²) in [7, 11) is 0. The van der Waals surface area contributed by atoms with E-state index in [4.69, 9.17) is 10.8 Å². The van der Waals surface area contributed by atoms with Crippen LogP contribution in [0, 0.1) is 5.82 Å². The van der Waals surface area contributed by atoms with E-state index in [1.54, 1.807) is 0 Å². The van der Waals surface area contributed by atoms with Crippen molar-refractivity contribution in [2.45, 2.75) is 9.92 Å². The summed E-state index contributed by atoms with van der Waals surface area (Å²) in [6.45, 7) is 0. The maximum Gasteiger partial charge on any atom is 0.338 e. The Bertz CT molecular complexity index is 592. The van der Waals surface area contributed by atoms with Gasteiger partial charge in [0.15, 0.2) is 0 Å². The summed E-state index contributed by atoms with van der Waals surface area (Å²) < 4.78 is 13.5. The van der Waals surface area contributed by atoms with E-state index < -0.39 is 17.3 Å². The van der Waals surface area contributed by atoms with Crippen LogP contribution in [0.5, 0.6) is 0 Å². The standard InChI is InChI=1S/C11H8FN3O2S/c12-7-4-9(8(13)3-6(7)11(16)17)18-10-5-14-1-2-15-10/h1-5H,13H2,(H,16,17). The van der Waals surface area contributed by atoms with Gasteiger partial charge >= 0.3 is 5.97 Å². The van der Waals surface area contributed by atoms with Crippen LogP contribution >= 0.6 is 11.8 Å². The molecule has 5 nitrogen and oxygen atoms in total. The van der Waals surface area contributed by atoms with E-state index in [9.17, 15) is 9.18 Å². The van der Waals surface area contributed by atoms with Gasteiger partial charge < -0.3 is 10.8 Å². The lowest BCUT2D eigenvalue weighted by Crippen LogP contribution is -2.03. The first-order chi connectivity index (χ1) is 8.58. The topological polar surface area (TPSA) is 89.1 Å². The van der Waals surface area contributed by atoms with Gasteiger partial charge in [-0.3, -0.25) is 4.98 Å². The lowest BCUT2D eigenvalue weighted by molar-refractivity contribution is 0.0692. The highest BCUT2D eigenvalue weighted by atomic mass is 32.2. The molecule has 1 heterocycles. The first-order valence-corrected chi connectivity index (χ1v) is 5.66. The van der Waals surface area contributed by atoms with Crippen molar-refractivity contribution in [3.05, 3.63) is 42.1 Å². The van der Waals surface area contributed by atoms with E-state index in [1.807, 2.05) is 0 Å². The van der Waals surface area contributed by atoms with Crippen molar-refractivity contribution in [3.63, 3.8) is 0 Å². The molecule has 0 saturated carbocycles. The molecule has 0 aliphatic heterocycles. The molecule has 92 valence electrons. The second-order valence-electron chi connectivity index (χ2n) is 3.32. The molecule has 1 aromatic carbocycles. The first-order valence-electron chi connectivity index (χ1n) is 4.84. The fraction of sp³-hybridized carbons (Fsp3) is 0. The normalized spacial score (nSPS) is 10.3. The van der Waals surface area contributed by atoms with Crippen molar-refractivity contribution in [2.24, 2.45) is 0 Å². The van der Waals surface area contributed by atoms with E-state index in [1.165, 1.54) is 18.6 Å². The summed E-state index contributed by atoms with van der Waals surface area (Å²) in [4.78, 5) is 19.0. The summed E-state index contributed by atoms with van der Waals surface area (Å²) in [6.07, 6.45) is 4.52. The Labute approximate surface area is 106 Å². The van der Waals surface area contributed by atoms with Crippen molar-refractivity contribution in [1.82, 2.24) is 9.97 Å². The molecule has 0 unspecified atom stereocenters. The number of carbonyl (C=O) groups is 1. The number of hydrogen-bond acceptors (Lipinski definition) is 5. The van der Waals surface area contributed by atoms with Gasteiger partial charge in [0.2, 0.25) is 0 Å². The van der Waals surface area contributed by atoms with E-state index in [2.05, 4.69) is 9.97 Å². The second kappa shape index (κ2) is 5.01. The monoisotopic (exact) mass is 265 g/mol. The average Bonchev–Trinajstić information content (AvgIpc) is 2.34. The first kappa shape index (κ1) is 12.3. The van der Waals surface area contributed by atoms with Crippen LogP contribution in [-0.4, -0.2) is 21.0 Å². The highest BCUT2D eigenvalue weighted by Crippen LogP contribution is 2.32. The van der Waals surface area contributed by atoms with Crippen molar-refractivity contribution in [2.75, 3.05) is 5.73 Å². The van der Waals surface area contributed by atoms with Gasteiger partial charge in [0.25, 0.3) is 0 Å². The third kappa shape index (κ3) is 2.57. The molecular weight excluding hydrogens is 257 g/mol. The van der Waals surface area contributed by atoms with Gasteiger partial charge in [0.1, 0.15) is 10.8 Å². The Morgan fingerprint density at radius 2 is 2.17 bits per heavy atom. The third-order valence-corrected chi connectivity index (χ3v) is 3.08. The molecule has 0 spiro atoms. The number of nitrogen functional groups attached to an aromatic ring is 1. The average molecular weight is 265 g/mol. The molecule has 0 atom stereocenters. The van der Waals surface area contributed by atoms with E-state index in [0.29, 0.717) is 9.92 Å². The zero-order valence-electron chi connectivity index (χ0n) is 9.00. The molecule has 3 N–H and O–H groups in total. The van der Waals surface area contributed by atoms with Crippen molar-refractivity contribution in [1.29, 1.82) is 0 Å². The Hall–Kier alpha value is -2.15. The number of anilines is 1. The van der Waals surface area contributed by atoms with E-state index >= 15 is 0 Å². The van der Waals surface area contributed by atoms with Crippen LogP contribution in [0.1, 0.15) is 10.4 Å². The maximum absolute atomic E-state index is 13.5. The van der Waals surface area contributed by atoms with E-state index in [0.717, 1.165) is 23.9 Å². The van der Waals surface area contributed by atoms with Crippen LogP contribution in [0.4, 0.5) is 10.1 Å². The molecule has 0 aliphatic rings. The van der Waals surface area contributed by atoms with E-state index in [-0.39, 0.29) is 5.69 Å². The summed E-state index contributed by atoms with van der Waals surface area (Å²) in [5, 5.41) is 9.29. The molecule has 2 aromatic rings. The number of benzene rings is 1. The molecular formula is C11H8FN3O2S. The van der Waals surface area contributed by atoms with Crippen LogP contribution in [-0.2, 0) is 0 Å². The summed E-state index contributed by atoms with van der Waals surface area (Å²) in [5.74, 6) is -2.18. The Morgan fingerprint density at radius 1 is 1.39 bits per heavy atom. The van der Waals surface area contributed by atoms with Crippen LogP contribution in [0.25, 0.3) is 0 Å². The molecule has 0 aliphatic carbocycles. The van der Waals surface area contributed by atoms with Gasteiger partial charge in [-0.05, 0) is 12.1 Å². The third-order valence-electron chi connectivity index (χ3n) is 2.08. The lowest BCUT2D eigenvalue weighted by atomic mass is 10.2. The SMILES string of the molecule is Nc1cc(C(=O)O)c(F)cc1Sc1cnccn1. The largest absolute Gasteiger partial charge is 0.478 e. The van der Waals surface area contributed by atoms with Crippen molar-refractivity contribution >= 4 is 23.4 Å². The summed E-state index contributed by atoms with van der Waals surface area (Å²) >= 11 is 1.12. The van der Waals surface area contributed by atoms with Crippen LogP contribution in [0.2, 0.25) is 0 Å². The fourth-order valence-electron chi connectivity index (χ4n) is 1.27. The Morgan fingerprint density at radius 3 is 2.78 bits per heavy atom. The number of nitrogens with zero attached hydrogens (tertiary/aromatic N) is 2. The van der Waals surface area contributed by atoms with Gasteiger partial charge in [0, 0.05) is 23.0 Å². The molecule has 0 amide bonds. The number of halogens is 1. The van der Waals surface area contributed by atoms with Crippen LogP contribution in [0.3, 0.4) is 0 Å². The predicted octanol–water partition coefficient (Wildman–Crippen LogP) is 2.05. The van der Waals surface area contributed by atoms with Crippen molar-refractivity contribution in [3.8, 4) is 0 Å². The molecule has 0 bridgehead atoms. The molecule has 7 heteroatoms. The highest BCUT2D eigenvalue weighted by Gasteiger charge is 2.14. The number of nitrogens with two attached hydrogens (primary N) is 1. The Kier molecular flexibility index (Phi) is 3.42. The van der Waals surface area contributed by atoms with Crippen LogP contribution in [0.15, 0.2) is 40.6 Å². The zero-order valence-corrected chi connectivity index (χ0v) is 9.82. The van der Waals surface area contributed by atoms with Gasteiger partial charge in [-0.25, -0.2) is 14.2 Å². The molecule has 18 heavy (non-hydrogen) atoms. The second-order valence-corrected chi connectivity index (χ2v) is 4.38. The highest BCUT2D eigenvalue weighted by molar-refractivity contribution is 7.99. The molecule has 0 fully saturated rings. The molecule has 0 saturated heterocycles. The number of carboxylic acids is 1. The molecule has 2 rings (SSSR count). The zero-order chi connectivity index (χ0) is 13.1. The van der Waals surface area contributed by atoms with Crippen LogP contribution < -0.4 is 5.73 Å². The molecule has 1 aromatic heterocycles. The van der Waals surface area contributed by atoms with Gasteiger partial charge in [-0.15, -0.1) is 0 Å². The minimum Gasteiger partial charge on any atom is -0.478 e. The number of hydrogen-bond donors (Lipinski definition) is 2. The summed E-state index contributed by atoms with van der Waals surface area (Å²) in [5.41, 5.74) is 5.41. The lowest BCUT2D eigenvalue weighted by Gasteiger charge is -2.06. The van der Waals surface area contributed by atoms with Gasteiger partial charge in [-0.2, -0.15) is 0 Å². The number of carboxylic acid groups (broad SMARTS) is 1. The molecule has 0 radical (unpaired) electrons. The van der Waals surface area contributed by atoms with Crippen molar-refractivity contribution < 1.29 is 14.3 Å². The smallest absolute Gasteiger partial charge is 0.338 e. The maximum atomic E-state index is 13.5. The minimum absolute atomic E-state index is 0.185. The number of rotatable bonds is 3. The number of aromatic carboxylic acids is 1. The predicted molar refractivity (Wildman–Crippen MR) is 63.9 cm³/mol. The van der Waals surface area contributed by atoms with Gasteiger partial charge in [-0.1, -0.05) is 11.8 Å². The number of aromatic nitrogens is 2. The van der Waals surface area contributed by atoms with Gasteiger partial charge in [0.05, 0.1) is 11.8 Å². The quantitative estimate of drug-likeness (QED) is 0.825. The fourth-order valence-corrected chi connectivity index (χ4v) is 2.07. The summed E-state index contributed by atoms with van der Waals surface area (Å²) in [6, 6.07) is 2.18. The minimum atomic E-state index is -1.35. The Balaban J connectivity index is 2.35.